The van der Waals surface area contributed by atoms with Gasteiger partial charge in [0.2, 0.25) is 5.91 Å². The van der Waals surface area contributed by atoms with E-state index in [0.717, 1.165) is 12.0 Å². The minimum absolute atomic E-state index is 0.0370. The smallest absolute Gasteiger partial charge is 0.253 e. The number of rotatable bonds is 7. The van der Waals surface area contributed by atoms with Gasteiger partial charge in [0.1, 0.15) is 11.5 Å². The number of ether oxygens (including phenoxy) is 2. The molecule has 3 rings (SSSR count). The van der Waals surface area contributed by atoms with E-state index in [9.17, 15) is 9.59 Å². The standard InChI is InChI=1S/C23H28N2O4/c1-4-12-24-22(26)20-15-25(23(27)16-8-6-5-7-9-16)14-19(20)18-13-17(28-2)10-11-21(18)29-3/h5-11,13,19-20H,4,12,14-15H2,1-3H3,(H,24,26)/t19-,20-/m1/s1. The lowest BCUT2D eigenvalue weighted by atomic mass is 9.87. The molecule has 2 aromatic rings. The van der Waals surface area contributed by atoms with Crippen LogP contribution in [0.2, 0.25) is 0 Å². The minimum Gasteiger partial charge on any atom is -0.497 e. The number of nitrogens with one attached hydrogen (secondary N) is 1. The van der Waals surface area contributed by atoms with Crippen LogP contribution in [0.5, 0.6) is 11.5 Å². The Balaban J connectivity index is 1.94. The van der Waals surface area contributed by atoms with Gasteiger partial charge in [-0.3, -0.25) is 9.59 Å². The lowest BCUT2D eigenvalue weighted by molar-refractivity contribution is -0.124. The van der Waals surface area contributed by atoms with Crippen molar-refractivity contribution in [2.75, 3.05) is 33.9 Å². The van der Waals surface area contributed by atoms with Crippen molar-refractivity contribution < 1.29 is 19.1 Å². The van der Waals surface area contributed by atoms with Crippen molar-refractivity contribution in [3.63, 3.8) is 0 Å². The fourth-order valence-corrected chi connectivity index (χ4v) is 3.82. The monoisotopic (exact) mass is 396 g/mol. The van der Waals surface area contributed by atoms with Gasteiger partial charge in [0, 0.05) is 36.7 Å². The molecular formula is C23H28N2O4. The summed E-state index contributed by atoms with van der Waals surface area (Å²) in [7, 11) is 3.22. The van der Waals surface area contributed by atoms with Gasteiger partial charge in [0.25, 0.3) is 5.91 Å². The predicted molar refractivity (Wildman–Crippen MR) is 111 cm³/mol. The summed E-state index contributed by atoms with van der Waals surface area (Å²) in [4.78, 5) is 27.7. The van der Waals surface area contributed by atoms with E-state index < -0.39 is 0 Å². The summed E-state index contributed by atoms with van der Waals surface area (Å²) in [6.07, 6.45) is 0.859. The number of hydrogen-bond acceptors (Lipinski definition) is 4. The number of carbonyl (C=O) groups is 2. The number of benzene rings is 2. The van der Waals surface area contributed by atoms with Crippen LogP contribution in [0.25, 0.3) is 0 Å². The van der Waals surface area contributed by atoms with Crippen molar-refractivity contribution in [2.45, 2.75) is 19.3 Å². The van der Waals surface area contributed by atoms with Gasteiger partial charge in [-0.25, -0.2) is 0 Å². The van der Waals surface area contributed by atoms with Gasteiger partial charge in [0.05, 0.1) is 20.1 Å². The number of amides is 2. The zero-order valence-corrected chi connectivity index (χ0v) is 17.2. The van der Waals surface area contributed by atoms with E-state index in [4.69, 9.17) is 9.47 Å². The average molecular weight is 396 g/mol. The lowest BCUT2D eigenvalue weighted by Gasteiger charge is -2.21. The van der Waals surface area contributed by atoms with Crippen LogP contribution < -0.4 is 14.8 Å². The summed E-state index contributed by atoms with van der Waals surface area (Å²) in [5.41, 5.74) is 1.50. The largest absolute Gasteiger partial charge is 0.497 e. The van der Waals surface area contributed by atoms with Crippen LogP contribution >= 0.6 is 0 Å². The molecule has 29 heavy (non-hydrogen) atoms. The van der Waals surface area contributed by atoms with E-state index in [-0.39, 0.29) is 23.7 Å². The van der Waals surface area contributed by atoms with E-state index in [2.05, 4.69) is 5.32 Å². The lowest BCUT2D eigenvalue weighted by Crippen LogP contribution is -2.36. The molecule has 2 atom stereocenters. The van der Waals surface area contributed by atoms with Crippen LogP contribution in [-0.2, 0) is 4.79 Å². The molecule has 154 valence electrons. The van der Waals surface area contributed by atoms with Gasteiger partial charge < -0.3 is 19.7 Å². The molecule has 6 nitrogen and oxygen atoms in total. The third kappa shape index (κ3) is 4.53. The second kappa shape index (κ2) is 9.45. The van der Waals surface area contributed by atoms with Crippen molar-refractivity contribution in [1.29, 1.82) is 0 Å². The van der Waals surface area contributed by atoms with E-state index >= 15 is 0 Å². The first kappa shape index (κ1) is 20.7. The first-order valence-corrected chi connectivity index (χ1v) is 9.93. The molecule has 2 aromatic carbocycles. The molecule has 1 aliphatic rings. The average Bonchev–Trinajstić information content (AvgIpc) is 3.22. The highest BCUT2D eigenvalue weighted by atomic mass is 16.5. The Hall–Kier alpha value is -3.02. The molecule has 0 spiro atoms. The number of nitrogens with zero attached hydrogens (tertiary/aromatic N) is 1. The second-order valence-electron chi connectivity index (χ2n) is 7.19. The van der Waals surface area contributed by atoms with Crippen molar-refractivity contribution in [3.05, 3.63) is 59.7 Å². The maximum atomic E-state index is 13.0. The molecule has 6 heteroatoms. The highest BCUT2D eigenvalue weighted by Gasteiger charge is 2.41. The van der Waals surface area contributed by atoms with Crippen LogP contribution in [0.15, 0.2) is 48.5 Å². The Morgan fingerprint density at radius 1 is 1.07 bits per heavy atom. The van der Waals surface area contributed by atoms with Gasteiger partial charge >= 0.3 is 0 Å². The Bertz CT molecular complexity index is 853. The molecule has 0 bridgehead atoms. The molecule has 0 aromatic heterocycles. The minimum atomic E-state index is -0.352. The van der Waals surface area contributed by atoms with Crippen LogP contribution in [0.1, 0.15) is 35.2 Å². The van der Waals surface area contributed by atoms with Crippen molar-refractivity contribution in [1.82, 2.24) is 10.2 Å². The Labute approximate surface area is 171 Å². The molecule has 0 unspecified atom stereocenters. The van der Waals surface area contributed by atoms with Gasteiger partial charge in [-0.05, 0) is 36.8 Å². The van der Waals surface area contributed by atoms with Crippen LogP contribution in [0, 0.1) is 5.92 Å². The molecule has 1 heterocycles. The van der Waals surface area contributed by atoms with Crippen molar-refractivity contribution in [3.8, 4) is 11.5 Å². The van der Waals surface area contributed by atoms with E-state index in [1.54, 1.807) is 31.3 Å². The molecule has 0 saturated carbocycles. The number of likely N-dealkylation sites (tertiary alicyclic amines) is 1. The van der Waals surface area contributed by atoms with Crippen LogP contribution in [0.4, 0.5) is 0 Å². The maximum absolute atomic E-state index is 13.0. The van der Waals surface area contributed by atoms with Crippen LogP contribution in [-0.4, -0.2) is 50.6 Å². The van der Waals surface area contributed by atoms with Gasteiger partial charge in [0.15, 0.2) is 0 Å². The number of hydrogen-bond donors (Lipinski definition) is 1. The third-order valence-corrected chi connectivity index (χ3v) is 5.35. The van der Waals surface area contributed by atoms with Gasteiger partial charge in [-0.1, -0.05) is 25.1 Å². The molecule has 0 radical (unpaired) electrons. The number of carbonyl (C=O) groups excluding carboxylic acids is 2. The molecule has 1 fully saturated rings. The zero-order valence-electron chi connectivity index (χ0n) is 17.2. The fourth-order valence-electron chi connectivity index (χ4n) is 3.82. The summed E-state index contributed by atoms with van der Waals surface area (Å²) in [5.74, 6) is 0.757. The zero-order chi connectivity index (χ0) is 20.8. The number of methoxy groups -OCH3 is 2. The molecule has 1 N–H and O–H groups in total. The molecule has 2 amide bonds. The Morgan fingerprint density at radius 2 is 1.83 bits per heavy atom. The first-order valence-electron chi connectivity index (χ1n) is 9.93. The summed E-state index contributed by atoms with van der Waals surface area (Å²) in [5, 5.41) is 2.99. The normalized spacial score (nSPS) is 18.4. The Morgan fingerprint density at radius 3 is 2.48 bits per heavy atom. The quantitative estimate of drug-likeness (QED) is 0.781. The second-order valence-corrected chi connectivity index (χ2v) is 7.19. The summed E-state index contributed by atoms with van der Waals surface area (Å²) in [6.45, 7) is 3.45. The highest BCUT2D eigenvalue weighted by molar-refractivity contribution is 5.95. The fraction of sp³-hybridized carbons (Fsp3) is 0.391. The van der Waals surface area contributed by atoms with Crippen LogP contribution in [0.3, 0.4) is 0 Å². The van der Waals surface area contributed by atoms with Crippen molar-refractivity contribution in [2.24, 2.45) is 5.92 Å². The maximum Gasteiger partial charge on any atom is 0.253 e. The van der Waals surface area contributed by atoms with E-state index in [0.29, 0.717) is 36.7 Å². The third-order valence-electron chi connectivity index (χ3n) is 5.35. The highest BCUT2D eigenvalue weighted by Crippen LogP contribution is 2.40. The predicted octanol–water partition coefficient (Wildman–Crippen LogP) is 3.09. The topological polar surface area (TPSA) is 67.9 Å². The summed E-state index contributed by atoms with van der Waals surface area (Å²) in [6, 6.07) is 14.7. The molecule has 0 aliphatic carbocycles. The molecular weight excluding hydrogens is 368 g/mol. The molecule has 1 saturated heterocycles. The first-order chi connectivity index (χ1) is 14.1. The summed E-state index contributed by atoms with van der Waals surface area (Å²) >= 11 is 0. The van der Waals surface area contributed by atoms with Crippen molar-refractivity contribution >= 4 is 11.8 Å². The SMILES string of the molecule is CCCNC(=O)[C@@H]1CN(C(=O)c2ccccc2)C[C@@H]1c1cc(OC)ccc1OC. The van der Waals surface area contributed by atoms with Gasteiger partial charge in [-0.2, -0.15) is 0 Å². The molecule has 1 aliphatic heterocycles. The van der Waals surface area contributed by atoms with E-state index in [1.807, 2.05) is 43.3 Å². The Kier molecular flexibility index (Phi) is 6.75. The summed E-state index contributed by atoms with van der Waals surface area (Å²) < 4.78 is 10.9. The van der Waals surface area contributed by atoms with Gasteiger partial charge in [-0.15, -0.1) is 0 Å². The van der Waals surface area contributed by atoms with E-state index in [1.165, 1.54) is 0 Å².